The molecular weight excluding hydrogens is 419 g/mol. The number of likely N-dealkylation sites (tertiary alicyclic amines) is 1. The van der Waals surface area contributed by atoms with E-state index in [1.807, 2.05) is 17.2 Å². The molecule has 1 amide bonds. The van der Waals surface area contributed by atoms with E-state index in [9.17, 15) is 9.18 Å². The molecule has 0 aliphatic carbocycles. The fourth-order valence-electron chi connectivity index (χ4n) is 4.75. The summed E-state index contributed by atoms with van der Waals surface area (Å²) in [5.74, 6) is 0.552. The van der Waals surface area contributed by atoms with Gasteiger partial charge in [0.2, 0.25) is 5.91 Å². The molecule has 1 aromatic carbocycles. The van der Waals surface area contributed by atoms with E-state index in [4.69, 9.17) is 11.6 Å². The highest BCUT2D eigenvalue weighted by Crippen LogP contribution is 2.29. The molecule has 0 unspecified atom stereocenters. The van der Waals surface area contributed by atoms with Gasteiger partial charge in [0.1, 0.15) is 29.7 Å². The quantitative estimate of drug-likeness (QED) is 0.642. The van der Waals surface area contributed by atoms with Crippen molar-refractivity contribution in [1.82, 2.24) is 19.9 Å². The maximum atomic E-state index is 13.7. The number of H-pyrrole nitrogens is 1. The smallest absolute Gasteiger partial charge is 0.245 e. The summed E-state index contributed by atoms with van der Waals surface area (Å²) in [6.45, 7) is 2.38. The van der Waals surface area contributed by atoms with E-state index in [1.165, 1.54) is 12.1 Å². The van der Waals surface area contributed by atoms with Gasteiger partial charge < -0.3 is 20.1 Å². The van der Waals surface area contributed by atoms with Crippen molar-refractivity contribution in [1.29, 1.82) is 0 Å². The van der Waals surface area contributed by atoms with Gasteiger partial charge >= 0.3 is 0 Å². The number of rotatable bonds is 4. The lowest BCUT2D eigenvalue weighted by atomic mass is 9.97. The van der Waals surface area contributed by atoms with Crippen LogP contribution in [0.5, 0.6) is 0 Å². The highest BCUT2D eigenvalue weighted by molar-refractivity contribution is 6.30. The summed E-state index contributed by atoms with van der Waals surface area (Å²) in [5.41, 5.74) is 1.35. The Labute approximate surface area is 184 Å². The molecule has 0 spiro atoms. The van der Waals surface area contributed by atoms with Crippen LogP contribution in [0.3, 0.4) is 0 Å². The summed E-state index contributed by atoms with van der Waals surface area (Å²) < 4.78 is 13.7. The summed E-state index contributed by atoms with van der Waals surface area (Å²) in [6.07, 6.45) is 7.01. The number of carbonyl (C=O) groups is 1. The maximum Gasteiger partial charge on any atom is 0.245 e. The summed E-state index contributed by atoms with van der Waals surface area (Å²) in [4.78, 5) is 29.5. The molecule has 2 aliphatic heterocycles. The third kappa shape index (κ3) is 4.04. The normalized spacial score (nSPS) is 22.2. The van der Waals surface area contributed by atoms with Gasteiger partial charge in [0.25, 0.3) is 0 Å². The van der Waals surface area contributed by atoms with Crippen LogP contribution in [0.25, 0.3) is 11.0 Å². The van der Waals surface area contributed by atoms with E-state index in [0.29, 0.717) is 10.7 Å². The Morgan fingerprint density at radius 2 is 2.03 bits per heavy atom. The minimum absolute atomic E-state index is 0.0629. The standard InChI is InChI=1S/C22H24ClFN6O/c23-14-9-15(24)11-16(10-14)28-19-4-2-8-30(22(19)31)17-3-1-7-29(12-17)21-18-5-6-25-20(18)26-13-27-21/h5-6,9-11,13,17,19,28H,1-4,7-8,12H2,(H,25,26,27)/t17-,19-/m1/s1. The molecule has 2 fully saturated rings. The third-order valence-electron chi connectivity index (χ3n) is 6.15. The maximum absolute atomic E-state index is 13.7. The van der Waals surface area contributed by atoms with Crippen molar-refractivity contribution in [2.24, 2.45) is 0 Å². The molecule has 2 atom stereocenters. The fourth-order valence-corrected chi connectivity index (χ4v) is 4.97. The van der Waals surface area contributed by atoms with Crippen molar-refractivity contribution in [3.05, 3.63) is 47.6 Å². The highest BCUT2D eigenvalue weighted by atomic mass is 35.5. The average molecular weight is 443 g/mol. The molecule has 5 rings (SSSR count). The Morgan fingerprint density at radius 3 is 2.90 bits per heavy atom. The van der Waals surface area contributed by atoms with Gasteiger partial charge in [-0.2, -0.15) is 0 Å². The number of nitrogens with zero attached hydrogens (tertiary/aromatic N) is 4. The van der Waals surface area contributed by atoms with Gasteiger partial charge in [0.15, 0.2) is 0 Å². The van der Waals surface area contributed by atoms with Crippen molar-refractivity contribution in [3.8, 4) is 0 Å². The number of hydrogen-bond acceptors (Lipinski definition) is 5. The van der Waals surface area contributed by atoms with E-state index in [2.05, 4.69) is 25.2 Å². The zero-order valence-corrected chi connectivity index (χ0v) is 17.8. The third-order valence-corrected chi connectivity index (χ3v) is 6.36. The van der Waals surface area contributed by atoms with Crippen LogP contribution in [0.4, 0.5) is 15.9 Å². The number of carbonyl (C=O) groups excluding carboxylic acids is 1. The molecule has 4 heterocycles. The molecule has 162 valence electrons. The number of benzene rings is 1. The molecule has 9 heteroatoms. The van der Waals surface area contributed by atoms with Crippen LogP contribution in [0, 0.1) is 5.82 Å². The van der Waals surface area contributed by atoms with Crippen LogP contribution in [-0.2, 0) is 4.79 Å². The highest BCUT2D eigenvalue weighted by Gasteiger charge is 2.35. The van der Waals surface area contributed by atoms with Crippen LogP contribution in [0.15, 0.2) is 36.8 Å². The molecule has 2 N–H and O–H groups in total. The van der Waals surface area contributed by atoms with E-state index >= 15 is 0 Å². The second kappa shape index (κ2) is 8.34. The Balaban J connectivity index is 1.32. The molecule has 0 radical (unpaired) electrons. The van der Waals surface area contributed by atoms with Crippen molar-refractivity contribution in [2.45, 2.75) is 37.8 Å². The molecule has 2 saturated heterocycles. The number of anilines is 2. The topological polar surface area (TPSA) is 77.2 Å². The Kier molecular flexibility index (Phi) is 5.40. The van der Waals surface area contributed by atoms with Crippen LogP contribution >= 0.6 is 11.6 Å². The lowest BCUT2D eigenvalue weighted by Crippen LogP contribution is -2.56. The van der Waals surface area contributed by atoms with Crippen LogP contribution in [0.1, 0.15) is 25.7 Å². The zero-order chi connectivity index (χ0) is 21.4. The summed E-state index contributed by atoms with van der Waals surface area (Å²) in [7, 11) is 0. The fraction of sp³-hybridized carbons (Fsp3) is 0.409. The first-order chi connectivity index (χ1) is 15.1. The number of nitrogens with one attached hydrogen (secondary N) is 2. The van der Waals surface area contributed by atoms with E-state index in [-0.39, 0.29) is 18.0 Å². The molecule has 0 bridgehead atoms. The lowest BCUT2D eigenvalue weighted by Gasteiger charge is -2.43. The largest absolute Gasteiger partial charge is 0.374 e. The van der Waals surface area contributed by atoms with Gasteiger partial charge in [-0.25, -0.2) is 14.4 Å². The Bertz CT molecular complexity index is 1080. The number of piperidine rings is 2. The number of amides is 1. The van der Waals surface area contributed by atoms with Crippen molar-refractivity contribution >= 4 is 40.0 Å². The van der Waals surface area contributed by atoms with E-state index in [1.54, 1.807) is 12.4 Å². The van der Waals surface area contributed by atoms with Crippen molar-refractivity contribution in [2.75, 3.05) is 29.9 Å². The lowest BCUT2D eigenvalue weighted by molar-refractivity contribution is -0.137. The number of halogens is 2. The van der Waals surface area contributed by atoms with Crippen molar-refractivity contribution in [3.63, 3.8) is 0 Å². The van der Waals surface area contributed by atoms with Gasteiger partial charge in [0, 0.05) is 42.6 Å². The second-order valence-electron chi connectivity index (χ2n) is 8.21. The summed E-state index contributed by atoms with van der Waals surface area (Å²) in [5, 5.41) is 4.50. The molecule has 2 aliphatic rings. The first-order valence-electron chi connectivity index (χ1n) is 10.6. The molecule has 2 aromatic heterocycles. The Hall–Kier alpha value is -2.87. The monoisotopic (exact) mass is 442 g/mol. The van der Waals surface area contributed by atoms with Gasteiger partial charge in [-0.3, -0.25) is 4.79 Å². The number of aromatic nitrogens is 3. The van der Waals surface area contributed by atoms with Gasteiger partial charge in [-0.1, -0.05) is 11.6 Å². The minimum atomic E-state index is -0.418. The van der Waals surface area contributed by atoms with Gasteiger partial charge in [-0.05, 0) is 49.9 Å². The van der Waals surface area contributed by atoms with Crippen molar-refractivity contribution < 1.29 is 9.18 Å². The van der Waals surface area contributed by atoms with E-state index in [0.717, 1.165) is 62.2 Å². The minimum Gasteiger partial charge on any atom is -0.374 e. The first-order valence-corrected chi connectivity index (χ1v) is 11.0. The SMILES string of the molecule is O=C1[C@H](Nc2cc(F)cc(Cl)c2)CCCN1[C@@H]1CCCN(c2ncnc3[nH]ccc23)C1. The molecule has 0 saturated carbocycles. The molecular formula is C22H24ClFN6O. The van der Waals surface area contributed by atoms with Gasteiger partial charge in [-0.15, -0.1) is 0 Å². The summed E-state index contributed by atoms with van der Waals surface area (Å²) in [6, 6.07) is 6.01. The van der Waals surface area contributed by atoms with Crippen LogP contribution in [-0.4, -0.2) is 57.5 Å². The predicted molar refractivity (Wildman–Crippen MR) is 119 cm³/mol. The second-order valence-corrected chi connectivity index (χ2v) is 8.64. The summed E-state index contributed by atoms with van der Waals surface area (Å²) >= 11 is 5.97. The average Bonchev–Trinajstić information content (AvgIpc) is 3.24. The van der Waals surface area contributed by atoms with Crippen LogP contribution in [0.2, 0.25) is 5.02 Å². The van der Waals surface area contributed by atoms with Crippen LogP contribution < -0.4 is 10.2 Å². The number of aromatic amines is 1. The number of hydrogen-bond donors (Lipinski definition) is 2. The van der Waals surface area contributed by atoms with Gasteiger partial charge in [0.05, 0.1) is 5.39 Å². The predicted octanol–water partition coefficient (Wildman–Crippen LogP) is 3.82. The first kappa shape index (κ1) is 20.1. The Morgan fingerprint density at radius 1 is 1.16 bits per heavy atom. The molecule has 31 heavy (non-hydrogen) atoms. The zero-order valence-electron chi connectivity index (χ0n) is 17.0. The molecule has 3 aromatic rings. The molecule has 7 nitrogen and oxygen atoms in total. The number of fused-ring (bicyclic) bond motifs is 1. The van der Waals surface area contributed by atoms with E-state index < -0.39 is 5.82 Å².